The summed E-state index contributed by atoms with van der Waals surface area (Å²) in [7, 11) is 0. The first kappa shape index (κ1) is 20.9. The maximum atomic E-state index is 13.5. The number of aryl methyl sites for hydroxylation is 4. The van der Waals surface area contributed by atoms with Crippen molar-refractivity contribution in [2.75, 3.05) is 10.2 Å². The maximum Gasteiger partial charge on any atom is 0.282 e. The Morgan fingerprint density at radius 3 is 2.06 bits per heavy atom. The van der Waals surface area contributed by atoms with Gasteiger partial charge in [0.25, 0.3) is 11.8 Å². The highest BCUT2D eigenvalue weighted by atomic mass is 35.5. The van der Waals surface area contributed by atoms with Gasteiger partial charge in [0, 0.05) is 10.7 Å². The van der Waals surface area contributed by atoms with Gasteiger partial charge in [0.05, 0.1) is 11.3 Å². The number of rotatable bonds is 4. The molecule has 0 saturated heterocycles. The molecule has 3 aromatic carbocycles. The third-order valence-corrected chi connectivity index (χ3v) is 6.02. The van der Waals surface area contributed by atoms with E-state index >= 15 is 0 Å². The van der Waals surface area contributed by atoms with Gasteiger partial charge in [0.15, 0.2) is 0 Å². The number of carbonyl (C=O) groups is 2. The number of nitrogens with zero attached hydrogens (tertiary/aromatic N) is 1. The van der Waals surface area contributed by atoms with Crippen LogP contribution in [0.4, 0.5) is 11.4 Å². The predicted molar refractivity (Wildman–Crippen MR) is 126 cm³/mol. The predicted octanol–water partition coefficient (Wildman–Crippen LogP) is 5.97. The molecule has 4 nitrogen and oxygen atoms in total. The first-order valence-electron chi connectivity index (χ1n) is 10.1. The SMILES string of the molecule is Cc1ccc(NC2=C(c3ccc(C)c(C)c3)C(=O)N(c3ccc(C)c(Cl)c3)C2=O)cc1. The number of carbonyl (C=O) groups excluding carboxylic acids is 2. The summed E-state index contributed by atoms with van der Waals surface area (Å²) in [5.74, 6) is -0.776. The van der Waals surface area contributed by atoms with E-state index in [0.29, 0.717) is 21.8 Å². The fourth-order valence-corrected chi connectivity index (χ4v) is 3.72. The van der Waals surface area contributed by atoms with Crippen molar-refractivity contribution < 1.29 is 9.59 Å². The Hall–Kier alpha value is -3.37. The zero-order valence-electron chi connectivity index (χ0n) is 17.9. The summed E-state index contributed by atoms with van der Waals surface area (Å²) in [5.41, 5.74) is 6.67. The molecule has 0 radical (unpaired) electrons. The van der Waals surface area contributed by atoms with Gasteiger partial charge >= 0.3 is 0 Å². The number of amides is 2. The largest absolute Gasteiger partial charge is 0.350 e. The summed E-state index contributed by atoms with van der Waals surface area (Å²) >= 11 is 6.28. The van der Waals surface area contributed by atoms with Crippen LogP contribution in [-0.4, -0.2) is 11.8 Å². The second-order valence-corrected chi connectivity index (χ2v) is 8.33. The molecule has 3 aromatic rings. The third kappa shape index (κ3) is 3.87. The molecule has 5 heteroatoms. The van der Waals surface area contributed by atoms with E-state index in [0.717, 1.165) is 27.9 Å². The Morgan fingerprint density at radius 2 is 1.42 bits per heavy atom. The van der Waals surface area contributed by atoms with Crippen LogP contribution in [0, 0.1) is 27.7 Å². The van der Waals surface area contributed by atoms with Crippen LogP contribution >= 0.6 is 11.6 Å². The van der Waals surface area contributed by atoms with Crippen molar-refractivity contribution in [3.8, 4) is 0 Å². The highest BCUT2D eigenvalue weighted by molar-refractivity contribution is 6.46. The van der Waals surface area contributed by atoms with E-state index in [9.17, 15) is 9.59 Å². The molecule has 31 heavy (non-hydrogen) atoms. The van der Waals surface area contributed by atoms with Crippen LogP contribution in [0.15, 0.2) is 66.4 Å². The average molecular weight is 431 g/mol. The molecule has 1 heterocycles. The topological polar surface area (TPSA) is 49.4 Å². The summed E-state index contributed by atoms with van der Waals surface area (Å²) in [6.07, 6.45) is 0. The highest BCUT2D eigenvalue weighted by Crippen LogP contribution is 2.35. The molecule has 0 unspecified atom stereocenters. The van der Waals surface area contributed by atoms with E-state index in [-0.39, 0.29) is 11.6 Å². The summed E-state index contributed by atoms with van der Waals surface area (Å²) in [6, 6.07) is 18.7. The van der Waals surface area contributed by atoms with Crippen molar-refractivity contribution in [2.24, 2.45) is 0 Å². The van der Waals surface area contributed by atoms with Gasteiger partial charge in [-0.2, -0.15) is 0 Å². The number of benzene rings is 3. The second-order valence-electron chi connectivity index (χ2n) is 7.92. The molecule has 0 spiro atoms. The lowest BCUT2D eigenvalue weighted by atomic mass is 9.99. The molecule has 0 aliphatic carbocycles. The standard InChI is InChI=1S/C26H23ClN2O2/c1-15-5-10-20(11-6-15)28-24-23(19-9-7-16(2)18(4)13-19)25(30)29(26(24)31)21-12-8-17(3)22(27)14-21/h5-14,28H,1-4H3. The Balaban J connectivity index is 1.84. The van der Waals surface area contributed by atoms with Crippen LogP contribution in [0.1, 0.15) is 27.8 Å². The summed E-state index contributed by atoms with van der Waals surface area (Å²) in [6.45, 7) is 7.88. The van der Waals surface area contributed by atoms with Crippen molar-refractivity contribution in [2.45, 2.75) is 27.7 Å². The molecule has 1 aliphatic heterocycles. The van der Waals surface area contributed by atoms with E-state index in [4.69, 9.17) is 11.6 Å². The number of imide groups is 1. The number of anilines is 2. The fraction of sp³-hybridized carbons (Fsp3) is 0.154. The lowest BCUT2D eigenvalue weighted by Gasteiger charge is -2.16. The van der Waals surface area contributed by atoms with Crippen LogP contribution in [-0.2, 0) is 9.59 Å². The summed E-state index contributed by atoms with van der Waals surface area (Å²) in [4.78, 5) is 28.2. The average Bonchev–Trinajstić information content (AvgIpc) is 2.98. The van der Waals surface area contributed by atoms with Crippen molar-refractivity contribution in [3.63, 3.8) is 0 Å². The molecule has 0 saturated carbocycles. The number of halogens is 1. The lowest BCUT2D eigenvalue weighted by Crippen LogP contribution is -2.32. The Labute approximate surface area is 187 Å². The van der Waals surface area contributed by atoms with Crippen molar-refractivity contribution in [1.82, 2.24) is 0 Å². The number of hydrogen-bond acceptors (Lipinski definition) is 3. The molecule has 0 fully saturated rings. The van der Waals surface area contributed by atoms with Gasteiger partial charge in [-0.05, 0) is 74.2 Å². The van der Waals surface area contributed by atoms with E-state index in [1.807, 2.05) is 70.2 Å². The molecule has 0 bridgehead atoms. The molecular formula is C26H23ClN2O2. The van der Waals surface area contributed by atoms with Gasteiger partial charge in [-0.15, -0.1) is 0 Å². The first-order valence-corrected chi connectivity index (χ1v) is 10.4. The quantitative estimate of drug-likeness (QED) is 0.518. The van der Waals surface area contributed by atoms with Crippen molar-refractivity contribution >= 4 is 40.4 Å². The van der Waals surface area contributed by atoms with Crippen LogP contribution < -0.4 is 10.2 Å². The molecule has 0 atom stereocenters. The second kappa shape index (κ2) is 8.05. The Bertz CT molecular complexity index is 1240. The van der Waals surface area contributed by atoms with Gasteiger partial charge in [-0.1, -0.05) is 53.6 Å². The molecule has 2 amide bonds. The minimum atomic E-state index is -0.404. The van der Waals surface area contributed by atoms with Gasteiger partial charge in [0.1, 0.15) is 5.70 Å². The number of hydrogen-bond donors (Lipinski definition) is 1. The van der Waals surface area contributed by atoms with Crippen LogP contribution in [0.5, 0.6) is 0 Å². The monoisotopic (exact) mass is 430 g/mol. The molecular weight excluding hydrogens is 408 g/mol. The maximum absolute atomic E-state index is 13.5. The third-order valence-electron chi connectivity index (χ3n) is 5.61. The first-order chi connectivity index (χ1) is 14.8. The van der Waals surface area contributed by atoms with Gasteiger partial charge in [-0.3, -0.25) is 9.59 Å². The van der Waals surface area contributed by atoms with E-state index in [1.165, 1.54) is 4.90 Å². The normalized spacial score (nSPS) is 13.9. The molecule has 156 valence electrons. The van der Waals surface area contributed by atoms with E-state index in [1.54, 1.807) is 18.2 Å². The van der Waals surface area contributed by atoms with Gasteiger partial charge < -0.3 is 5.32 Å². The summed E-state index contributed by atoms with van der Waals surface area (Å²) < 4.78 is 0. The van der Waals surface area contributed by atoms with Crippen molar-refractivity contribution in [1.29, 1.82) is 0 Å². The Morgan fingerprint density at radius 1 is 0.742 bits per heavy atom. The van der Waals surface area contributed by atoms with Crippen LogP contribution in [0.2, 0.25) is 5.02 Å². The van der Waals surface area contributed by atoms with E-state index < -0.39 is 5.91 Å². The van der Waals surface area contributed by atoms with Crippen molar-refractivity contribution in [3.05, 3.63) is 99.2 Å². The molecule has 1 N–H and O–H groups in total. The summed E-state index contributed by atoms with van der Waals surface area (Å²) in [5, 5.41) is 3.70. The Kier molecular flexibility index (Phi) is 5.42. The lowest BCUT2D eigenvalue weighted by molar-refractivity contribution is -0.120. The molecule has 4 rings (SSSR count). The van der Waals surface area contributed by atoms with E-state index in [2.05, 4.69) is 5.32 Å². The van der Waals surface area contributed by atoms with Gasteiger partial charge in [-0.25, -0.2) is 4.90 Å². The highest BCUT2D eigenvalue weighted by Gasteiger charge is 2.40. The fourth-order valence-electron chi connectivity index (χ4n) is 3.55. The zero-order valence-corrected chi connectivity index (χ0v) is 18.7. The molecule has 0 aromatic heterocycles. The number of nitrogens with one attached hydrogen (secondary N) is 1. The van der Waals surface area contributed by atoms with Crippen LogP contribution in [0.3, 0.4) is 0 Å². The zero-order chi connectivity index (χ0) is 22.3. The van der Waals surface area contributed by atoms with Gasteiger partial charge in [0.2, 0.25) is 0 Å². The minimum absolute atomic E-state index is 0.258. The smallest absolute Gasteiger partial charge is 0.282 e. The molecule has 1 aliphatic rings. The minimum Gasteiger partial charge on any atom is -0.350 e. The van der Waals surface area contributed by atoms with Crippen LogP contribution in [0.25, 0.3) is 5.57 Å².